The van der Waals surface area contributed by atoms with E-state index in [1.165, 1.54) is 18.2 Å². The molecule has 2 N–H and O–H groups in total. The molecule has 2 rings (SSSR count). The van der Waals surface area contributed by atoms with Gasteiger partial charge in [-0.25, -0.2) is 9.18 Å². The van der Waals surface area contributed by atoms with Crippen LogP contribution in [0, 0.1) is 5.82 Å². The molecule has 0 fully saturated rings. The van der Waals surface area contributed by atoms with Crippen molar-refractivity contribution in [3.05, 3.63) is 29.8 Å². The Kier molecular flexibility index (Phi) is 3.22. The zero-order chi connectivity index (χ0) is 13.1. The highest BCUT2D eigenvalue weighted by Crippen LogP contribution is 2.23. The van der Waals surface area contributed by atoms with Crippen LogP contribution in [0.5, 0.6) is 0 Å². The second-order valence-corrected chi connectivity index (χ2v) is 3.38. The van der Waals surface area contributed by atoms with Crippen LogP contribution in [0.3, 0.4) is 0 Å². The Morgan fingerprint density at radius 3 is 3.06 bits per heavy atom. The van der Waals surface area contributed by atoms with E-state index in [0.29, 0.717) is 5.69 Å². The number of benzene rings is 1. The van der Waals surface area contributed by atoms with Gasteiger partial charge >= 0.3 is 5.97 Å². The summed E-state index contributed by atoms with van der Waals surface area (Å²) in [4.78, 5) is 15.1. The lowest BCUT2D eigenvalue weighted by Gasteiger charge is -1.98. The van der Waals surface area contributed by atoms with Gasteiger partial charge in [-0.05, 0) is 30.3 Å². The molecule has 0 bridgehead atoms. The Labute approximate surface area is 102 Å². The van der Waals surface area contributed by atoms with E-state index in [1.807, 2.05) is 0 Å². The monoisotopic (exact) mass is 251 g/mol. The minimum absolute atomic E-state index is 0.0399. The fraction of sp³-hybridized carbons (Fsp3) is 0.182. The number of anilines is 1. The summed E-state index contributed by atoms with van der Waals surface area (Å²) < 4.78 is 23.0. The lowest BCUT2D eigenvalue weighted by Crippen LogP contribution is -2.06. The van der Waals surface area contributed by atoms with Crippen LogP contribution < -0.4 is 5.73 Å². The van der Waals surface area contributed by atoms with Crippen molar-refractivity contribution in [2.24, 2.45) is 0 Å². The van der Waals surface area contributed by atoms with Gasteiger partial charge in [0.1, 0.15) is 5.82 Å². The SMILES string of the molecule is CCOC(=O)c1noc(-c2cc(N)ccc2F)n1. The van der Waals surface area contributed by atoms with E-state index in [1.54, 1.807) is 6.92 Å². The Bertz CT molecular complexity index is 583. The second kappa shape index (κ2) is 4.82. The maximum atomic E-state index is 13.5. The van der Waals surface area contributed by atoms with E-state index in [4.69, 9.17) is 10.3 Å². The second-order valence-electron chi connectivity index (χ2n) is 3.38. The van der Waals surface area contributed by atoms with Crippen LogP contribution >= 0.6 is 0 Å². The summed E-state index contributed by atoms with van der Waals surface area (Å²) in [5.41, 5.74) is 5.92. The number of carbonyl (C=O) groups is 1. The van der Waals surface area contributed by atoms with Crippen LogP contribution in [0.4, 0.5) is 10.1 Å². The number of carbonyl (C=O) groups excluding carboxylic acids is 1. The predicted octanol–water partition coefficient (Wildman–Crippen LogP) is 1.63. The van der Waals surface area contributed by atoms with Crippen molar-refractivity contribution < 1.29 is 18.4 Å². The van der Waals surface area contributed by atoms with Crippen molar-refractivity contribution in [2.45, 2.75) is 6.92 Å². The number of hydrogen-bond donors (Lipinski definition) is 1. The highest BCUT2D eigenvalue weighted by atomic mass is 19.1. The minimum Gasteiger partial charge on any atom is -0.460 e. The van der Waals surface area contributed by atoms with Crippen LogP contribution in [0.2, 0.25) is 0 Å². The average molecular weight is 251 g/mol. The summed E-state index contributed by atoms with van der Waals surface area (Å²) in [7, 11) is 0. The van der Waals surface area contributed by atoms with Crippen LogP contribution in [-0.2, 0) is 4.74 Å². The number of esters is 1. The van der Waals surface area contributed by atoms with Gasteiger partial charge in [0.05, 0.1) is 12.2 Å². The third-order valence-electron chi connectivity index (χ3n) is 2.10. The zero-order valence-electron chi connectivity index (χ0n) is 9.51. The van der Waals surface area contributed by atoms with Gasteiger partial charge in [0.15, 0.2) is 0 Å². The fourth-order valence-electron chi connectivity index (χ4n) is 1.32. The van der Waals surface area contributed by atoms with Crippen LogP contribution in [0.15, 0.2) is 22.7 Å². The number of aromatic nitrogens is 2. The summed E-state index contributed by atoms with van der Waals surface area (Å²) in [6.45, 7) is 1.84. The standard InChI is InChI=1S/C11H10FN3O3/c1-2-17-11(16)9-14-10(18-15-9)7-5-6(13)3-4-8(7)12/h3-5H,2,13H2,1H3. The lowest BCUT2D eigenvalue weighted by molar-refractivity contribution is 0.0508. The summed E-state index contributed by atoms with van der Waals surface area (Å²) >= 11 is 0. The van der Waals surface area contributed by atoms with Gasteiger partial charge in [-0.2, -0.15) is 4.98 Å². The fourth-order valence-corrected chi connectivity index (χ4v) is 1.32. The maximum absolute atomic E-state index is 13.5. The molecule has 1 aromatic heterocycles. The summed E-state index contributed by atoms with van der Waals surface area (Å²) in [6, 6.07) is 3.93. The Hall–Kier alpha value is -2.44. The molecule has 0 atom stereocenters. The molecule has 0 spiro atoms. The molecule has 0 amide bonds. The third-order valence-corrected chi connectivity index (χ3v) is 2.10. The largest absolute Gasteiger partial charge is 0.460 e. The van der Waals surface area contributed by atoms with Crippen molar-refractivity contribution in [1.82, 2.24) is 10.1 Å². The first-order chi connectivity index (χ1) is 8.61. The quantitative estimate of drug-likeness (QED) is 0.658. The summed E-state index contributed by atoms with van der Waals surface area (Å²) in [5, 5.41) is 3.41. The van der Waals surface area contributed by atoms with Gasteiger partial charge in [-0.15, -0.1) is 0 Å². The molecule has 0 radical (unpaired) electrons. The topological polar surface area (TPSA) is 91.2 Å². The number of hydrogen-bond acceptors (Lipinski definition) is 6. The van der Waals surface area contributed by atoms with E-state index in [0.717, 1.165) is 0 Å². The third kappa shape index (κ3) is 2.29. The van der Waals surface area contributed by atoms with E-state index in [9.17, 15) is 9.18 Å². The van der Waals surface area contributed by atoms with Crippen molar-refractivity contribution in [2.75, 3.05) is 12.3 Å². The van der Waals surface area contributed by atoms with Crippen molar-refractivity contribution in [1.29, 1.82) is 0 Å². The molecule has 18 heavy (non-hydrogen) atoms. The maximum Gasteiger partial charge on any atom is 0.379 e. The smallest absolute Gasteiger partial charge is 0.379 e. The Balaban J connectivity index is 2.35. The predicted molar refractivity (Wildman–Crippen MR) is 60.1 cm³/mol. The van der Waals surface area contributed by atoms with Crippen LogP contribution in [-0.4, -0.2) is 22.7 Å². The first kappa shape index (κ1) is 12.0. The van der Waals surface area contributed by atoms with Crippen molar-refractivity contribution >= 4 is 11.7 Å². The van der Waals surface area contributed by atoms with Gasteiger partial charge in [0, 0.05) is 5.69 Å². The molecule has 0 saturated heterocycles. The van der Waals surface area contributed by atoms with E-state index in [2.05, 4.69) is 14.9 Å². The van der Waals surface area contributed by atoms with Gasteiger partial charge < -0.3 is 15.0 Å². The van der Waals surface area contributed by atoms with E-state index >= 15 is 0 Å². The number of nitrogen functional groups attached to an aromatic ring is 1. The summed E-state index contributed by atoms with van der Waals surface area (Å²) in [6.07, 6.45) is 0. The number of nitrogens with two attached hydrogens (primary N) is 1. The van der Waals surface area contributed by atoms with E-state index in [-0.39, 0.29) is 23.9 Å². The molecule has 0 saturated carbocycles. The van der Waals surface area contributed by atoms with Crippen molar-refractivity contribution in [3.63, 3.8) is 0 Å². The molecule has 0 aliphatic heterocycles. The number of rotatable bonds is 3. The first-order valence-corrected chi connectivity index (χ1v) is 5.18. The molecule has 2 aromatic rings. The van der Waals surface area contributed by atoms with Crippen LogP contribution in [0.1, 0.15) is 17.5 Å². The normalized spacial score (nSPS) is 10.3. The molecule has 1 aromatic carbocycles. The van der Waals surface area contributed by atoms with E-state index < -0.39 is 11.8 Å². The van der Waals surface area contributed by atoms with Crippen molar-refractivity contribution in [3.8, 4) is 11.5 Å². The molecule has 6 nitrogen and oxygen atoms in total. The number of ether oxygens (including phenoxy) is 1. The molecule has 0 aliphatic rings. The average Bonchev–Trinajstić information content (AvgIpc) is 2.82. The van der Waals surface area contributed by atoms with Gasteiger partial charge in [-0.3, -0.25) is 0 Å². The highest BCUT2D eigenvalue weighted by molar-refractivity contribution is 5.85. The lowest BCUT2D eigenvalue weighted by atomic mass is 10.2. The summed E-state index contributed by atoms with van der Waals surface area (Å²) in [5.74, 6) is -1.67. The Morgan fingerprint density at radius 1 is 1.56 bits per heavy atom. The molecule has 0 unspecified atom stereocenters. The molecule has 7 heteroatoms. The molecule has 1 heterocycles. The first-order valence-electron chi connectivity index (χ1n) is 5.18. The Morgan fingerprint density at radius 2 is 2.33 bits per heavy atom. The molecule has 94 valence electrons. The number of nitrogens with zero attached hydrogens (tertiary/aromatic N) is 2. The minimum atomic E-state index is -0.725. The van der Waals surface area contributed by atoms with Gasteiger partial charge in [0.25, 0.3) is 11.7 Å². The zero-order valence-corrected chi connectivity index (χ0v) is 9.51. The highest BCUT2D eigenvalue weighted by Gasteiger charge is 2.18. The number of halogens is 1. The van der Waals surface area contributed by atoms with Gasteiger partial charge in [-0.1, -0.05) is 0 Å². The molecular weight excluding hydrogens is 241 g/mol. The van der Waals surface area contributed by atoms with Gasteiger partial charge in [0.2, 0.25) is 0 Å². The van der Waals surface area contributed by atoms with Crippen LogP contribution in [0.25, 0.3) is 11.5 Å². The molecular formula is C11H10FN3O3. The molecule has 0 aliphatic carbocycles.